The zero-order chi connectivity index (χ0) is 9.68. The van der Waals surface area contributed by atoms with Crippen LogP contribution in [0.3, 0.4) is 0 Å². The summed E-state index contributed by atoms with van der Waals surface area (Å²) in [6.45, 7) is 1.96. The molecule has 0 spiro atoms. The van der Waals surface area contributed by atoms with Crippen molar-refractivity contribution in [3.63, 3.8) is 0 Å². The lowest BCUT2D eigenvalue weighted by atomic mass is 10.4. The van der Waals surface area contributed by atoms with Crippen molar-refractivity contribution in [2.75, 3.05) is 26.7 Å². The molecule has 0 saturated carbocycles. The van der Waals surface area contributed by atoms with Crippen LogP contribution in [0.15, 0.2) is 0 Å². The van der Waals surface area contributed by atoms with Crippen molar-refractivity contribution >= 4 is 24.3 Å². The largest absolute Gasteiger partial charge is 0.341 e. The number of carbonyl (C=O) groups is 2. The van der Waals surface area contributed by atoms with Gasteiger partial charge in [-0.25, -0.2) is 4.79 Å². The molecule has 1 fully saturated rings. The van der Waals surface area contributed by atoms with Crippen LogP contribution >= 0.6 is 12.4 Å². The SMILES string of the molecule is CNC(=O)NCCN1CCCC1=O.Cl. The average Bonchev–Trinajstić information content (AvgIpc) is 2.52. The molecule has 2 N–H and O–H groups in total. The quantitative estimate of drug-likeness (QED) is 0.703. The van der Waals surface area contributed by atoms with Crippen LogP contribution in [0.1, 0.15) is 12.8 Å². The number of hydrogen-bond donors (Lipinski definition) is 2. The molecule has 0 bridgehead atoms. The van der Waals surface area contributed by atoms with E-state index in [9.17, 15) is 9.59 Å². The Morgan fingerprint density at radius 3 is 2.79 bits per heavy atom. The zero-order valence-corrected chi connectivity index (χ0v) is 9.02. The van der Waals surface area contributed by atoms with Gasteiger partial charge in [-0.2, -0.15) is 0 Å². The number of urea groups is 1. The van der Waals surface area contributed by atoms with Gasteiger partial charge in [-0.1, -0.05) is 0 Å². The predicted molar refractivity (Wildman–Crippen MR) is 55.5 cm³/mol. The third-order valence-corrected chi connectivity index (χ3v) is 2.07. The Morgan fingerprint density at radius 2 is 2.29 bits per heavy atom. The van der Waals surface area contributed by atoms with Gasteiger partial charge in [-0.3, -0.25) is 4.79 Å². The van der Waals surface area contributed by atoms with Gasteiger partial charge in [0.1, 0.15) is 0 Å². The van der Waals surface area contributed by atoms with Crippen LogP contribution in [0.5, 0.6) is 0 Å². The maximum Gasteiger partial charge on any atom is 0.314 e. The first-order valence-corrected chi connectivity index (χ1v) is 4.47. The number of nitrogens with zero attached hydrogens (tertiary/aromatic N) is 1. The first-order chi connectivity index (χ1) is 6.24. The Balaban J connectivity index is 0.00000169. The molecule has 6 heteroatoms. The van der Waals surface area contributed by atoms with Gasteiger partial charge in [0.05, 0.1) is 0 Å². The molecule has 1 aliphatic heterocycles. The molecule has 1 heterocycles. The number of rotatable bonds is 3. The maximum atomic E-state index is 11.1. The van der Waals surface area contributed by atoms with E-state index in [0.717, 1.165) is 13.0 Å². The summed E-state index contributed by atoms with van der Waals surface area (Å²) in [5.74, 6) is 0.193. The lowest BCUT2D eigenvalue weighted by molar-refractivity contribution is -0.127. The number of hydrogen-bond acceptors (Lipinski definition) is 2. The minimum Gasteiger partial charge on any atom is -0.341 e. The Morgan fingerprint density at radius 1 is 1.57 bits per heavy atom. The molecular formula is C8H16ClN3O2. The summed E-state index contributed by atoms with van der Waals surface area (Å²) < 4.78 is 0. The summed E-state index contributed by atoms with van der Waals surface area (Å²) in [6, 6.07) is -0.202. The van der Waals surface area contributed by atoms with Crippen LogP contribution in [0.2, 0.25) is 0 Å². The zero-order valence-electron chi connectivity index (χ0n) is 8.21. The standard InChI is InChI=1S/C8H15N3O2.ClH/c1-9-8(13)10-4-6-11-5-2-3-7(11)12;/h2-6H2,1H3,(H2,9,10,13);1H. The Hall–Kier alpha value is -0.970. The molecule has 82 valence electrons. The van der Waals surface area contributed by atoms with Crippen LogP contribution in [-0.4, -0.2) is 43.5 Å². The van der Waals surface area contributed by atoms with E-state index in [-0.39, 0.29) is 24.3 Å². The number of amides is 3. The van der Waals surface area contributed by atoms with Gasteiger partial charge >= 0.3 is 6.03 Å². The highest BCUT2D eigenvalue weighted by atomic mass is 35.5. The Kier molecular flexibility index (Phi) is 6.03. The summed E-state index contributed by atoms with van der Waals surface area (Å²) in [6.07, 6.45) is 1.60. The van der Waals surface area contributed by atoms with Crippen LogP contribution in [0, 0.1) is 0 Å². The van der Waals surface area contributed by atoms with Crippen molar-refractivity contribution in [1.82, 2.24) is 15.5 Å². The van der Waals surface area contributed by atoms with Crippen LogP contribution in [0.25, 0.3) is 0 Å². The third kappa shape index (κ3) is 3.83. The average molecular weight is 222 g/mol. The molecule has 0 aromatic carbocycles. The molecule has 0 unspecified atom stereocenters. The molecule has 0 atom stereocenters. The van der Waals surface area contributed by atoms with E-state index in [1.165, 1.54) is 0 Å². The van der Waals surface area contributed by atoms with Gasteiger partial charge in [0.15, 0.2) is 0 Å². The summed E-state index contributed by atoms with van der Waals surface area (Å²) in [7, 11) is 1.57. The molecular weight excluding hydrogens is 206 g/mol. The molecule has 1 rings (SSSR count). The summed E-state index contributed by atoms with van der Waals surface area (Å²) in [4.78, 5) is 23.6. The number of likely N-dealkylation sites (tertiary alicyclic amines) is 1. The van der Waals surface area contributed by atoms with Crippen LogP contribution in [0.4, 0.5) is 4.79 Å². The topological polar surface area (TPSA) is 61.4 Å². The minimum absolute atomic E-state index is 0. The number of nitrogens with one attached hydrogen (secondary N) is 2. The summed E-state index contributed by atoms with van der Waals surface area (Å²) in [5, 5.41) is 5.08. The maximum absolute atomic E-state index is 11.1. The van der Waals surface area contributed by atoms with E-state index >= 15 is 0 Å². The smallest absolute Gasteiger partial charge is 0.314 e. The molecule has 3 amide bonds. The number of halogens is 1. The second kappa shape index (κ2) is 6.48. The van der Waals surface area contributed by atoms with Gasteiger partial charge in [-0.05, 0) is 6.42 Å². The molecule has 1 saturated heterocycles. The van der Waals surface area contributed by atoms with Crippen molar-refractivity contribution in [2.45, 2.75) is 12.8 Å². The highest BCUT2D eigenvalue weighted by molar-refractivity contribution is 5.85. The molecule has 14 heavy (non-hydrogen) atoms. The molecule has 0 aliphatic carbocycles. The summed E-state index contributed by atoms with van der Waals surface area (Å²) in [5.41, 5.74) is 0. The predicted octanol–water partition coefficient (Wildman–Crippen LogP) is -0.0404. The molecule has 1 aliphatic rings. The van der Waals surface area contributed by atoms with E-state index in [2.05, 4.69) is 10.6 Å². The Labute approximate surface area is 89.6 Å². The van der Waals surface area contributed by atoms with Gasteiger partial charge in [0, 0.05) is 33.1 Å². The second-order valence-corrected chi connectivity index (χ2v) is 2.99. The first-order valence-electron chi connectivity index (χ1n) is 4.47. The van der Waals surface area contributed by atoms with Gasteiger partial charge in [-0.15, -0.1) is 12.4 Å². The monoisotopic (exact) mass is 221 g/mol. The fraction of sp³-hybridized carbons (Fsp3) is 0.750. The molecule has 5 nitrogen and oxygen atoms in total. The Bertz CT molecular complexity index is 211. The van der Waals surface area contributed by atoms with Crippen LogP contribution in [-0.2, 0) is 4.79 Å². The second-order valence-electron chi connectivity index (χ2n) is 2.99. The molecule has 0 aromatic rings. The van der Waals surface area contributed by atoms with Gasteiger partial charge < -0.3 is 15.5 Å². The van der Waals surface area contributed by atoms with E-state index in [1.807, 2.05) is 0 Å². The fourth-order valence-corrected chi connectivity index (χ4v) is 1.33. The lowest BCUT2D eigenvalue weighted by Crippen LogP contribution is -2.39. The van der Waals surface area contributed by atoms with Crippen molar-refractivity contribution < 1.29 is 9.59 Å². The molecule has 0 radical (unpaired) electrons. The third-order valence-electron chi connectivity index (χ3n) is 2.07. The van der Waals surface area contributed by atoms with E-state index in [1.54, 1.807) is 11.9 Å². The highest BCUT2D eigenvalue weighted by Crippen LogP contribution is 2.07. The highest BCUT2D eigenvalue weighted by Gasteiger charge is 2.19. The van der Waals surface area contributed by atoms with E-state index < -0.39 is 0 Å². The van der Waals surface area contributed by atoms with Gasteiger partial charge in [0.25, 0.3) is 0 Å². The van der Waals surface area contributed by atoms with Crippen molar-refractivity contribution in [2.24, 2.45) is 0 Å². The van der Waals surface area contributed by atoms with Crippen molar-refractivity contribution in [1.29, 1.82) is 0 Å². The van der Waals surface area contributed by atoms with E-state index in [0.29, 0.717) is 19.5 Å². The first kappa shape index (κ1) is 13.0. The fourth-order valence-electron chi connectivity index (χ4n) is 1.33. The molecule has 0 aromatic heterocycles. The minimum atomic E-state index is -0.202. The van der Waals surface area contributed by atoms with E-state index in [4.69, 9.17) is 0 Å². The lowest BCUT2D eigenvalue weighted by Gasteiger charge is -2.15. The van der Waals surface area contributed by atoms with Crippen LogP contribution < -0.4 is 10.6 Å². The normalized spacial score (nSPS) is 14.9. The summed E-state index contributed by atoms with van der Waals surface area (Å²) >= 11 is 0. The van der Waals surface area contributed by atoms with Crippen molar-refractivity contribution in [3.8, 4) is 0 Å². The number of carbonyl (C=O) groups excluding carboxylic acids is 2. The van der Waals surface area contributed by atoms with Crippen molar-refractivity contribution in [3.05, 3.63) is 0 Å². The van der Waals surface area contributed by atoms with Gasteiger partial charge in [0.2, 0.25) is 5.91 Å².